The minimum Gasteiger partial charge on any atom is -0.493 e. The summed E-state index contributed by atoms with van der Waals surface area (Å²) in [5.41, 5.74) is 8.49. The zero-order chi connectivity index (χ0) is 46.5. The second-order valence-electron chi connectivity index (χ2n) is 14.1. The first-order valence-corrected chi connectivity index (χ1v) is 22.6. The van der Waals surface area contributed by atoms with Crippen LogP contribution >= 0.6 is 12.6 Å². The standard InChI is InChI=1S/C40H39N9O12S3/c1-21-16-30(33(60-12-6-14-63(54,55)56)19-28(21)44-43-26-11-10-24(62)18-25(26)40(52)53)46-45-29-20-34(61-13-7-15-64(57,58)59)31(17-22(29)2)47-48-36-23(3)35(37(41)50)38-42-27-8-4-5-9-32(27)49(38)39(36)51/h4-5,8-11,16-20,51,62H,6-7,12-15H2,1-3H3,(H2,41,50)(H,52,53)(H,54,55,56)(H,57,58,59). The lowest BCUT2D eigenvalue weighted by atomic mass is 10.1. The summed E-state index contributed by atoms with van der Waals surface area (Å²) in [6, 6.07) is 17.1. The number of fused-ring (bicyclic) bond motifs is 3. The first kappa shape index (κ1) is 46.6. The third kappa shape index (κ3) is 11.2. The molecule has 0 aliphatic heterocycles. The third-order valence-corrected chi connectivity index (χ3v) is 11.2. The second kappa shape index (κ2) is 19.3. The SMILES string of the molecule is Cc1cc(N=Nc2c(C)c(C(N)=O)c3nc4ccccc4n3c2O)c(OCCCS(=O)(=O)O)cc1N=Nc1cc(C)c(N=Nc2ccc(S)cc2C(=O)O)cc1OCCCS(=O)(=O)O. The molecule has 0 atom stereocenters. The van der Waals surface area contributed by atoms with Crippen LogP contribution in [0.1, 0.15) is 50.2 Å². The number of azo groups is 3. The molecule has 0 unspecified atom stereocenters. The Morgan fingerprint density at radius 3 is 1.78 bits per heavy atom. The number of carboxylic acids is 1. The highest BCUT2D eigenvalue weighted by atomic mass is 32.2. The number of aromatic carboxylic acids is 1. The summed E-state index contributed by atoms with van der Waals surface area (Å²) < 4.78 is 77.2. The van der Waals surface area contributed by atoms with Gasteiger partial charge in [0, 0.05) is 17.0 Å². The minimum atomic E-state index is -4.31. The molecular weight excluding hydrogens is 895 g/mol. The van der Waals surface area contributed by atoms with Gasteiger partial charge in [0.1, 0.15) is 34.2 Å². The average molecular weight is 934 g/mol. The number of ether oxygens (including phenoxy) is 2. The summed E-state index contributed by atoms with van der Waals surface area (Å²) in [5.74, 6) is -3.54. The van der Waals surface area contributed by atoms with Crippen LogP contribution in [0.2, 0.25) is 0 Å². The van der Waals surface area contributed by atoms with E-state index in [2.05, 4.69) is 48.3 Å². The summed E-state index contributed by atoms with van der Waals surface area (Å²) in [6.45, 7) is 4.46. The summed E-state index contributed by atoms with van der Waals surface area (Å²) >= 11 is 4.19. The molecule has 0 fully saturated rings. The highest BCUT2D eigenvalue weighted by Crippen LogP contribution is 2.42. The Morgan fingerprint density at radius 1 is 0.734 bits per heavy atom. The van der Waals surface area contributed by atoms with Gasteiger partial charge in [-0.05, 0) is 92.8 Å². The fourth-order valence-corrected chi connectivity index (χ4v) is 7.43. The topological polar surface area (TPSA) is 319 Å². The van der Waals surface area contributed by atoms with Gasteiger partial charge in [0.25, 0.3) is 26.1 Å². The average Bonchev–Trinajstić information content (AvgIpc) is 3.59. The van der Waals surface area contributed by atoms with Crippen LogP contribution < -0.4 is 15.2 Å². The quantitative estimate of drug-likeness (QED) is 0.0203. The zero-order valence-corrected chi connectivity index (χ0v) is 36.6. The molecule has 0 radical (unpaired) electrons. The molecule has 4 aromatic carbocycles. The monoisotopic (exact) mass is 933 g/mol. The number of thiol groups is 1. The molecule has 334 valence electrons. The van der Waals surface area contributed by atoms with Crippen LogP contribution in [0.4, 0.5) is 34.1 Å². The van der Waals surface area contributed by atoms with Gasteiger partial charge in [0.05, 0.1) is 58.3 Å². The maximum absolute atomic E-state index is 12.7. The van der Waals surface area contributed by atoms with Gasteiger partial charge in [0.2, 0.25) is 5.88 Å². The van der Waals surface area contributed by atoms with Crippen LogP contribution in [0, 0.1) is 20.8 Å². The maximum atomic E-state index is 12.7. The molecule has 2 aromatic heterocycles. The number of imidazole rings is 1. The van der Waals surface area contributed by atoms with E-state index in [1.54, 1.807) is 50.2 Å². The molecule has 0 saturated carbocycles. The van der Waals surface area contributed by atoms with Crippen molar-refractivity contribution < 1.29 is 55.2 Å². The predicted octanol–water partition coefficient (Wildman–Crippen LogP) is 8.76. The lowest BCUT2D eigenvalue weighted by molar-refractivity contribution is 0.0697. The van der Waals surface area contributed by atoms with Gasteiger partial charge in [-0.3, -0.25) is 18.3 Å². The van der Waals surface area contributed by atoms with Crippen molar-refractivity contribution in [3.63, 3.8) is 0 Å². The van der Waals surface area contributed by atoms with Crippen molar-refractivity contribution in [2.75, 3.05) is 24.7 Å². The van der Waals surface area contributed by atoms with Gasteiger partial charge in [-0.15, -0.1) is 33.1 Å². The highest BCUT2D eigenvalue weighted by molar-refractivity contribution is 7.86. The molecule has 6 N–H and O–H groups in total. The molecule has 0 saturated heterocycles. The van der Waals surface area contributed by atoms with E-state index in [1.165, 1.54) is 41.7 Å². The molecular formula is C40H39N9O12S3. The van der Waals surface area contributed by atoms with E-state index in [9.17, 15) is 45.7 Å². The van der Waals surface area contributed by atoms with Gasteiger partial charge < -0.3 is 25.4 Å². The number of amides is 1. The Bertz CT molecular complexity index is 3150. The smallest absolute Gasteiger partial charge is 0.338 e. The zero-order valence-electron chi connectivity index (χ0n) is 34.1. The molecule has 6 aromatic rings. The number of primary amides is 1. The number of para-hydroxylation sites is 2. The van der Waals surface area contributed by atoms with Gasteiger partial charge in [-0.1, -0.05) is 12.1 Å². The fraction of sp³-hybridized carbons (Fsp3) is 0.225. The van der Waals surface area contributed by atoms with Crippen molar-refractivity contribution in [3.05, 3.63) is 94.5 Å². The Balaban J connectivity index is 1.40. The number of aryl methyl sites for hydroxylation is 2. The molecule has 24 heteroatoms. The van der Waals surface area contributed by atoms with E-state index in [0.717, 1.165) is 0 Å². The largest absolute Gasteiger partial charge is 0.493 e. The summed E-state index contributed by atoms with van der Waals surface area (Å²) in [6.07, 6.45) is -0.217. The summed E-state index contributed by atoms with van der Waals surface area (Å²) in [7, 11) is -8.60. The van der Waals surface area contributed by atoms with Crippen molar-refractivity contribution >= 4 is 95.5 Å². The summed E-state index contributed by atoms with van der Waals surface area (Å²) in [5, 5.41) is 46.9. The van der Waals surface area contributed by atoms with E-state index in [4.69, 9.17) is 15.2 Å². The minimum absolute atomic E-state index is 0.000513. The number of carboxylic acid groups (broad SMARTS) is 1. The molecule has 21 nitrogen and oxygen atoms in total. The van der Waals surface area contributed by atoms with E-state index in [0.29, 0.717) is 27.1 Å². The number of carbonyl (C=O) groups excluding carboxylic acids is 1. The lowest BCUT2D eigenvalue weighted by Crippen LogP contribution is -2.15. The molecule has 6 rings (SSSR count). The van der Waals surface area contributed by atoms with E-state index < -0.39 is 43.6 Å². The normalized spacial score (nSPS) is 12.3. The number of aromatic nitrogens is 2. The van der Waals surface area contributed by atoms with E-state index in [-0.39, 0.29) is 99.9 Å². The molecule has 0 aliphatic rings. The van der Waals surface area contributed by atoms with Crippen LogP contribution in [0.25, 0.3) is 16.7 Å². The van der Waals surface area contributed by atoms with Gasteiger partial charge in [-0.2, -0.15) is 27.1 Å². The number of benzene rings is 4. The molecule has 2 heterocycles. The second-order valence-corrected chi connectivity index (χ2v) is 17.8. The van der Waals surface area contributed by atoms with Crippen molar-refractivity contribution in [1.29, 1.82) is 0 Å². The van der Waals surface area contributed by atoms with Crippen LogP contribution in [0.15, 0.2) is 102 Å². The highest BCUT2D eigenvalue weighted by Gasteiger charge is 2.24. The number of nitrogens with zero attached hydrogens (tertiary/aromatic N) is 8. The van der Waals surface area contributed by atoms with Crippen LogP contribution in [0.5, 0.6) is 17.4 Å². The first-order valence-electron chi connectivity index (χ1n) is 18.9. The van der Waals surface area contributed by atoms with Crippen molar-refractivity contribution in [2.45, 2.75) is 38.5 Å². The molecule has 0 spiro atoms. The molecule has 1 amide bonds. The van der Waals surface area contributed by atoms with E-state index in [1.807, 2.05) is 0 Å². The number of hydrogen-bond donors (Lipinski definition) is 6. The van der Waals surface area contributed by atoms with Crippen molar-refractivity contribution in [2.24, 2.45) is 36.4 Å². The number of nitrogens with two attached hydrogens (primary N) is 1. The van der Waals surface area contributed by atoms with Crippen molar-refractivity contribution in [1.82, 2.24) is 9.38 Å². The Labute approximate surface area is 370 Å². The molecule has 64 heavy (non-hydrogen) atoms. The third-order valence-electron chi connectivity index (χ3n) is 9.35. The number of hydrogen-bond acceptors (Lipinski definition) is 17. The molecule has 0 aliphatic carbocycles. The summed E-state index contributed by atoms with van der Waals surface area (Å²) in [4.78, 5) is 29.4. The van der Waals surface area contributed by atoms with E-state index >= 15 is 0 Å². The van der Waals surface area contributed by atoms with Gasteiger partial charge in [0.15, 0.2) is 5.65 Å². The number of aromatic hydroxyl groups is 1. The number of carbonyl (C=O) groups is 2. The molecule has 0 bridgehead atoms. The lowest BCUT2D eigenvalue weighted by Gasteiger charge is -2.13. The predicted molar refractivity (Wildman–Crippen MR) is 236 cm³/mol. The maximum Gasteiger partial charge on any atom is 0.338 e. The first-order chi connectivity index (χ1) is 30.2. The van der Waals surface area contributed by atoms with Crippen LogP contribution in [0.3, 0.4) is 0 Å². The number of rotatable bonds is 18. The number of pyridine rings is 1. The Hall–Kier alpha value is -6.86. The van der Waals surface area contributed by atoms with Gasteiger partial charge >= 0.3 is 5.97 Å². The Morgan fingerprint density at radius 2 is 1.25 bits per heavy atom. The Kier molecular flexibility index (Phi) is 14.0. The fourth-order valence-electron chi connectivity index (χ4n) is 6.26. The van der Waals surface area contributed by atoms with Gasteiger partial charge in [-0.25, -0.2) is 9.78 Å². The van der Waals surface area contributed by atoms with Crippen LogP contribution in [-0.2, 0) is 20.2 Å². The van der Waals surface area contributed by atoms with Crippen LogP contribution in [-0.4, -0.2) is 82.1 Å². The van der Waals surface area contributed by atoms with Crippen molar-refractivity contribution in [3.8, 4) is 17.4 Å².